The van der Waals surface area contributed by atoms with Crippen molar-refractivity contribution in [2.75, 3.05) is 6.79 Å². The molecule has 1 heterocycles. The summed E-state index contributed by atoms with van der Waals surface area (Å²) >= 11 is 0. The van der Waals surface area contributed by atoms with Crippen LogP contribution >= 0.6 is 0 Å². The van der Waals surface area contributed by atoms with Gasteiger partial charge in [-0.25, -0.2) is 0 Å². The molecular formula is C19H19NO3. The molecule has 3 rings (SSSR count). The molecule has 4 heteroatoms. The van der Waals surface area contributed by atoms with Gasteiger partial charge < -0.3 is 14.8 Å². The van der Waals surface area contributed by atoms with E-state index in [4.69, 9.17) is 9.47 Å². The van der Waals surface area contributed by atoms with Gasteiger partial charge >= 0.3 is 0 Å². The lowest BCUT2D eigenvalue weighted by Gasteiger charge is -2.07. The van der Waals surface area contributed by atoms with Crippen molar-refractivity contribution in [1.82, 2.24) is 5.32 Å². The highest BCUT2D eigenvalue weighted by molar-refractivity contribution is 6.04. The number of ether oxygens (including phenoxy) is 2. The quantitative estimate of drug-likeness (QED) is 0.677. The van der Waals surface area contributed by atoms with Crippen LogP contribution in [0.3, 0.4) is 0 Å². The molecule has 0 amide bonds. The lowest BCUT2D eigenvalue weighted by Crippen LogP contribution is -2.12. The molecule has 0 atom stereocenters. The highest BCUT2D eigenvalue weighted by Crippen LogP contribution is 2.32. The largest absolute Gasteiger partial charge is 0.454 e. The number of hydrogen-bond donors (Lipinski definition) is 1. The SMILES string of the molecule is C/C(=C\C(=O)c1ccc(C)cc1)NCc1ccc2c(c1)OCO2. The van der Waals surface area contributed by atoms with E-state index in [0.717, 1.165) is 28.3 Å². The Labute approximate surface area is 135 Å². The average molecular weight is 309 g/mol. The topological polar surface area (TPSA) is 47.6 Å². The van der Waals surface area contributed by atoms with Gasteiger partial charge in [-0.1, -0.05) is 35.9 Å². The Hall–Kier alpha value is -2.75. The predicted octanol–water partition coefficient (Wildman–Crippen LogP) is 3.60. The summed E-state index contributed by atoms with van der Waals surface area (Å²) in [7, 11) is 0. The van der Waals surface area contributed by atoms with Crippen LogP contribution in [0.25, 0.3) is 0 Å². The molecule has 0 fully saturated rings. The van der Waals surface area contributed by atoms with Crippen molar-refractivity contribution >= 4 is 5.78 Å². The lowest BCUT2D eigenvalue weighted by atomic mass is 10.1. The first-order valence-corrected chi connectivity index (χ1v) is 7.53. The number of hydrogen-bond acceptors (Lipinski definition) is 4. The third kappa shape index (κ3) is 3.72. The van der Waals surface area contributed by atoms with Crippen LogP contribution < -0.4 is 14.8 Å². The van der Waals surface area contributed by atoms with E-state index in [1.165, 1.54) is 0 Å². The summed E-state index contributed by atoms with van der Waals surface area (Å²) in [5.41, 5.74) is 3.74. The number of aryl methyl sites for hydroxylation is 1. The summed E-state index contributed by atoms with van der Waals surface area (Å²) in [5.74, 6) is 1.54. The third-order valence-corrected chi connectivity index (χ3v) is 3.69. The van der Waals surface area contributed by atoms with E-state index in [2.05, 4.69) is 5.32 Å². The minimum Gasteiger partial charge on any atom is -0.454 e. The summed E-state index contributed by atoms with van der Waals surface area (Å²) in [5, 5.41) is 3.25. The zero-order chi connectivity index (χ0) is 16.2. The molecule has 1 N–H and O–H groups in total. The second-order valence-electron chi connectivity index (χ2n) is 5.60. The first kappa shape index (κ1) is 15.2. The Morgan fingerprint density at radius 1 is 1.13 bits per heavy atom. The highest BCUT2D eigenvalue weighted by atomic mass is 16.7. The second kappa shape index (κ2) is 6.57. The molecule has 0 aliphatic carbocycles. The zero-order valence-corrected chi connectivity index (χ0v) is 13.3. The van der Waals surface area contributed by atoms with Crippen LogP contribution in [-0.2, 0) is 6.54 Å². The van der Waals surface area contributed by atoms with Gasteiger partial charge in [0, 0.05) is 23.9 Å². The van der Waals surface area contributed by atoms with Crippen molar-refractivity contribution in [2.45, 2.75) is 20.4 Å². The monoisotopic (exact) mass is 309 g/mol. The standard InChI is InChI=1S/C19H19NO3/c1-13-3-6-16(7-4-13)17(21)9-14(2)20-11-15-5-8-18-19(10-15)23-12-22-18/h3-10,20H,11-12H2,1-2H3/b14-9+. The molecule has 0 saturated carbocycles. The number of fused-ring (bicyclic) bond motifs is 1. The molecular weight excluding hydrogens is 290 g/mol. The summed E-state index contributed by atoms with van der Waals surface area (Å²) in [6.07, 6.45) is 1.62. The maximum atomic E-state index is 12.2. The van der Waals surface area contributed by atoms with Crippen LogP contribution in [0.15, 0.2) is 54.2 Å². The van der Waals surface area contributed by atoms with Crippen molar-refractivity contribution in [3.8, 4) is 11.5 Å². The van der Waals surface area contributed by atoms with Gasteiger partial charge in [-0.05, 0) is 31.5 Å². The first-order valence-electron chi connectivity index (χ1n) is 7.53. The Morgan fingerprint density at radius 3 is 2.65 bits per heavy atom. The van der Waals surface area contributed by atoms with Crippen LogP contribution in [0.4, 0.5) is 0 Å². The van der Waals surface area contributed by atoms with E-state index in [1.807, 2.05) is 56.3 Å². The van der Waals surface area contributed by atoms with E-state index in [-0.39, 0.29) is 12.6 Å². The number of allylic oxidation sites excluding steroid dienone is 2. The fourth-order valence-corrected chi connectivity index (χ4v) is 2.34. The second-order valence-corrected chi connectivity index (χ2v) is 5.60. The van der Waals surface area contributed by atoms with Crippen molar-refractivity contribution < 1.29 is 14.3 Å². The molecule has 118 valence electrons. The molecule has 0 spiro atoms. The molecule has 4 nitrogen and oxygen atoms in total. The van der Waals surface area contributed by atoms with E-state index in [9.17, 15) is 4.79 Å². The lowest BCUT2D eigenvalue weighted by molar-refractivity contribution is 0.104. The number of carbonyl (C=O) groups excluding carboxylic acids is 1. The molecule has 0 aromatic heterocycles. The first-order chi connectivity index (χ1) is 11.1. The number of carbonyl (C=O) groups is 1. The van der Waals surface area contributed by atoms with Gasteiger partial charge in [0.1, 0.15) is 0 Å². The Balaban J connectivity index is 1.61. The molecule has 1 aliphatic heterocycles. The summed E-state index contributed by atoms with van der Waals surface area (Å²) in [4.78, 5) is 12.2. The molecule has 0 radical (unpaired) electrons. The maximum absolute atomic E-state index is 12.2. The molecule has 0 saturated heterocycles. The molecule has 23 heavy (non-hydrogen) atoms. The van der Waals surface area contributed by atoms with E-state index < -0.39 is 0 Å². The van der Waals surface area contributed by atoms with E-state index >= 15 is 0 Å². The number of nitrogens with one attached hydrogen (secondary N) is 1. The van der Waals surface area contributed by atoms with Gasteiger partial charge in [0.25, 0.3) is 0 Å². The van der Waals surface area contributed by atoms with Crippen LogP contribution in [0.2, 0.25) is 0 Å². The van der Waals surface area contributed by atoms with Gasteiger partial charge in [0.05, 0.1) is 0 Å². The van der Waals surface area contributed by atoms with Crippen LogP contribution in [-0.4, -0.2) is 12.6 Å². The maximum Gasteiger partial charge on any atom is 0.231 e. The average Bonchev–Trinajstić information content (AvgIpc) is 3.01. The zero-order valence-electron chi connectivity index (χ0n) is 13.3. The number of ketones is 1. The summed E-state index contributed by atoms with van der Waals surface area (Å²) in [6, 6.07) is 13.4. The van der Waals surface area contributed by atoms with Crippen molar-refractivity contribution in [1.29, 1.82) is 0 Å². The van der Waals surface area contributed by atoms with Crippen molar-refractivity contribution in [3.63, 3.8) is 0 Å². The Morgan fingerprint density at radius 2 is 1.87 bits per heavy atom. The van der Waals surface area contributed by atoms with Crippen molar-refractivity contribution in [3.05, 3.63) is 70.9 Å². The fourth-order valence-electron chi connectivity index (χ4n) is 2.34. The smallest absolute Gasteiger partial charge is 0.231 e. The summed E-state index contributed by atoms with van der Waals surface area (Å²) in [6.45, 7) is 4.79. The van der Waals surface area contributed by atoms with E-state index in [0.29, 0.717) is 12.1 Å². The predicted molar refractivity (Wildman–Crippen MR) is 88.7 cm³/mol. The third-order valence-electron chi connectivity index (χ3n) is 3.69. The summed E-state index contributed by atoms with van der Waals surface area (Å²) < 4.78 is 10.6. The molecule has 0 bridgehead atoms. The molecule has 2 aromatic rings. The van der Waals surface area contributed by atoms with Gasteiger partial charge in [0.2, 0.25) is 6.79 Å². The highest BCUT2D eigenvalue weighted by Gasteiger charge is 2.12. The molecule has 1 aliphatic rings. The van der Waals surface area contributed by atoms with Gasteiger partial charge in [-0.15, -0.1) is 0 Å². The molecule has 2 aromatic carbocycles. The Kier molecular flexibility index (Phi) is 4.33. The minimum absolute atomic E-state index is 0.000636. The van der Waals surface area contributed by atoms with Gasteiger partial charge in [-0.2, -0.15) is 0 Å². The number of rotatable bonds is 5. The van der Waals surface area contributed by atoms with Crippen LogP contribution in [0.1, 0.15) is 28.4 Å². The number of benzene rings is 2. The fraction of sp³-hybridized carbons (Fsp3) is 0.211. The van der Waals surface area contributed by atoms with Crippen molar-refractivity contribution in [2.24, 2.45) is 0 Å². The van der Waals surface area contributed by atoms with Crippen LogP contribution in [0.5, 0.6) is 11.5 Å². The normalized spacial score (nSPS) is 13.0. The van der Waals surface area contributed by atoms with Gasteiger partial charge in [-0.3, -0.25) is 4.79 Å². The van der Waals surface area contributed by atoms with Crippen LogP contribution in [0, 0.1) is 6.92 Å². The van der Waals surface area contributed by atoms with Gasteiger partial charge in [0.15, 0.2) is 17.3 Å². The minimum atomic E-state index is 0.000636. The molecule has 0 unspecified atom stereocenters. The Bertz CT molecular complexity index is 748. The van der Waals surface area contributed by atoms with E-state index in [1.54, 1.807) is 6.08 Å².